The van der Waals surface area contributed by atoms with Crippen LogP contribution in [0.1, 0.15) is 68.6 Å². The van der Waals surface area contributed by atoms with Gasteiger partial charge in [0.1, 0.15) is 0 Å². The smallest absolute Gasteiger partial charge is 0.338 e. The molecule has 2 aromatic carbocycles. The summed E-state index contributed by atoms with van der Waals surface area (Å²) in [6.45, 7) is 2.65. The highest BCUT2D eigenvalue weighted by molar-refractivity contribution is 6.35. The molecule has 0 unspecified atom stereocenters. The molecular weight excluding hydrogens is 429 g/mol. The molecule has 3 nitrogen and oxygen atoms in total. The molecule has 0 N–H and O–H groups in total. The van der Waals surface area contributed by atoms with E-state index in [0.717, 1.165) is 18.4 Å². The molecule has 0 aliphatic heterocycles. The Morgan fingerprint density at radius 1 is 0.903 bits per heavy atom. The summed E-state index contributed by atoms with van der Waals surface area (Å²) in [4.78, 5) is 17.6. The SMILES string of the molecule is CCCCCCCCCCOC(=O)c1cc(-c2ccc(Cl)cc2)nc2c(Cl)cccc12. The van der Waals surface area contributed by atoms with E-state index in [4.69, 9.17) is 27.9 Å². The number of fused-ring (bicyclic) bond motifs is 1. The van der Waals surface area contributed by atoms with Crippen LogP contribution in [0.5, 0.6) is 0 Å². The fourth-order valence-corrected chi connectivity index (χ4v) is 3.97. The van der Waals surface area contributed by atoms with Crippen molar-refractivity contribution in [1.29, 1.82) is 0 Å². The maximum atomic E-state index is 12.9. The van der Waals surface area contributed by atoms with Crippen LogP contribution in [0.4, 0.5) is 0 Å². The Hall–Kier alpha value is -2.10. The molecule has 5 heteroatoms. The highest BCUT2D eigenvalue weighted by atomic mass is 35.5. The number of nitrogens with zero attached hydrogens (tertiary/aromatic N) is 1. The van der Waals surface area contributed by atoms with Crippen molar-refractivity contribution in [2.24, 2.45) is 0 Å². The molecular formula is C26H29Cl2NO2. The molecule has 3 aromatic rings. The molecule has 0 fully saturated rings. The number of esters is 1. The second-order valence-electron chi connectivity index (χ2n) is 7.81. The predicted octanol–water partition coefficient (Wildman–Crippen LogP) is 8.51. The van der Waals surface area contributed by atoms with Crippen molar-refractivity contribution in [3.63, 3.8) is 0 Å². The summed E-state index contributed by atoms with van der Waals surface area (Å²) in [6.07, 6.45) is 9.61. The van der Waals surface area contributed by atoms with Crippen LogP contribution in [0.3, 0.4) is 0 Å². The lowest BCUT2D eigenvalue weighted by Gasteiger charge is -2.11. The number of hydrogen-bond donors (Lipinski definition) is 0. The van der Waals surface area contributed by atoms with Crippen molar-refractivity contribution in [3.05, 3.63) is 64.1 Å². The Morgan fingerprint density at radius 2 is 1.58 bits per heavy atom. The monoisotopic (exact) mass is 457 g/mol. The van der Waals surface area contributed by atoms with E-state index in [9.17, 15) is 4.79 Å². The molecule has 1 aromatic heterocycles. The molecule has 0 aliphatic carbocycles. The van der Waals surface area contributed by atoms with E-state index in [1.54, 1.807) is 24.3 Å². The molecule has 0 amide bonds. The van der Waals surface area contributed by atoms with Crippen molar-refractivity contribution in [2.75, 3.05) is 6.61 Å². The Labute approximate surface area is 194 Å². The van der Waals surface area contributed by atoms with Crippen LogP contribution in [-0.4, -0.2) is 17.6 Å². The van der Waals surface area contributed by atoms with Gasteiger partial charge < -0.3 is 4.74 Å². The Morgan fingerprint density at radius 3 is 2.29 bits per heavy atom. The number of hydrogen-bond acceptors (Lipinski definition) is 3. The number of halogens is 2. The molecule has 0 spiro atoms. The third-order valence-electron chi connectivity index (χ3n) is 5.38. The minimum atomic E-state index is -0.340. The lowest BCUT2D eigenvalue weighted by atomic mass is 10.0. The minimum Gasteiger partial charge on any atom is -0.462 e. The maximum absolute atomic E-state index is 12.9. The zero-order chi connectivity index (χ0) is 22.1. The number of pyridine rings is 1. The van der Waals surface area contributed by atoms with Crippen LogP contribution in [0.25, 0.3) is 22.2 Å². The average molecular weight is 458 g/mol. The molecule has 0 aliphatic rings. The van der Waals surface area contributed by atoms with Crippen LogP contribution >= 0.6 is 23.2 Å². The number of para-hydroxylation sites is 1. The van der Waals surface area contributed by atoms with E-state index in [-0.39, 0.29) is 5.97 Å². The number of carbonyl (C=O) groups excluding carboxylic acids is 1. The zero-order valence-electron chi connectivity index (χ0n) is 18.0. The van der Waals surface area contributed by atoms with Gasteiger partial charge in [-0.25, -0.2) is 9.78 Å². The van der Waals surface area contributed by atoms with Crippen LogP contribution < -0.4 is 0 Å². The largest absolute Gasteiger partial charge is 0.462 e. The number of benzene rings is 2. The Balaban J connectivity index is 1.68. The van der Waals surface area contributed by atoms with Gasteiger partial charge in [0.15, 0.2) is 0 Å². The summed E-state index contributed by atoms with van der Waals surface area (Å²) in [5.41, 5.74) is 2.60. The normalized spacial score (nSPS) is 11.1. The van der Waals surface area contributed by atoms with Gasteiger partial charge in [-0.2, -0.15) is 0 Å². The van der Waals surface area contributed by atoms with E-state index >= 15 is 0 Å². The lowest BCUT2D eigenvalue weighted by molar-refractivity contribution is 0.0500. The van der Waals surface area contributed by atoms with Gasteiger partial charge in [-0.15, -0.1) is 0 Å². The summed E-state index contributed by atoms with van der Waals surface area (Å²) < 4.78 is 5.60. The lowest BCUT2D eigenvalue weighted by Crippen LogP contribution is -2.08. The van der Waals surface area contributed by atoms with Crippen LogP contribution in [-0.2, 0) is 4.74 Å². The van der Waals surface area contributed by atoms with Gasteiger partial charge >= 0.3 is 5.97 Å². The first-order chi connectivity index (χ1) is 15.1. The van der Waals surface area contributed by atoms with Crippen LogP contribution in [0.15, 0.2) is 48.5 Å². The summed E-state index contributed by atoms with van der Waals surface area (Å²) in [5, 5.41) is 1.85. The standard InChI is InChI=1S/C26H29Cl2NO2/c1-2-3-4-5-6-7-8-9-17-31-26(30)22-18-24(19-13-15-20(27)16-14-19)29-25-21(22)11-10-12-23(25)28/h10-16,18H,2-9,17H2,1H3. The number of rotatable bonds is 11. The van der Waals surface area contributed by atoms with Gasteiger partial charge in [0.25, 0.3) is 0 Å². The Kier molecular flexibility index (Phi) is 9.17. The van der Waals surface area contributed by atoms with Gasteiger partial charge in [-0.05, 0) is 30.7 Å². The van der Waals surface area contributed by atoms with Crippen molar-refractivity contribution in [1.82, 2.24) is 4.98 Å². The Bertz CT molecular complexity index is 1000. The topological polar surface area (TPSA) is 39.2 Å². The number of carbonyl (C=O) groups is 1. The average Bonchev–Trinajstić information content (AvgIpc) is 2.78. The third-order valence-corrected chi connectivity index (χ3v) is 5.94. The molecule has 164 valence electrons. The van der Waals surface area contributed by atoms with Crippen molar-refractivity contribution in [2.45, 2.75) is 58.3 Å². The summed E-state index contributed by atoms with van der Waals surface area (Å²) in [7, 11) is 0. The molecule has 0 saturated carbocycles. The molecule has 3 rings (SSSR count). The highest BCUT2D eigenvalue weighted by Gasteiger charge is 2.16. The first kappa shape index (κ1) is 23.6. The number of unbranched alkanes of at least 4 members (excludes halogenated alkanes) is 7. The fourth-order valence-electron chi connectivity index (χ4n) is 3.63. The van der Waals surface area contributed by atoms with Gasteiger partial charge in [0.2, 0.25) is 0 Å². The summed E-state index contributed by atoms with van der Waals surface area (Å²) in [6, 6.07) is 14.6. The highest BCUT2D eigenvalue weighted by Crippen LogP contribution is 2.30. The van der Waals surface area contributed by atoms with E-state index < -0.39 is 0 Å². The summed E-state index contributed by atoms with van der Waals surface area (Å²) >= 11 is 12.4. The zero-order valence-corrected chi connectivity index (χ0v) is 19.5. The second-order valence-corrected chi connectivity index (χ2v) is 8.65. The number of aromatic nitrogens is 1. The molecule has 1 heterocycles. The van der Waals surface area contributed by atoms with Gasteiger partial charge in [-0.3, -0.25) is 0 Å². The number of ether oxygens (including phenoxy) is 1. The predicted molar refractivity (Wildman–Crippen MR) is 130 cm³/mol. The third kappa shape index (κ3) is 6.69. The van der Waals surface area contributed by atoms with E-state index in [1.165, 1.54) is 38.5 Å². The molecule has 0 bridgehead atoms. The molecule has 31 heavy (non-hydrogen) atoms. The van der Waals surface area contributed by atoms with Crippen LogP contribution in [0, 0.1) is 0 Å². The first-order valence-electron chi connectivity index (χ1n) is 11.1. The van der Waals surface area contributed by atoms with Crippen molar-refractivity contribution < 1.29 is 9.53 Å². The van der Waals surface area contributed by atoms with Gasteiger partial charge in [0.05, 0.1) is 28.4 Å². The molecule has 0 radical (unpaired) electrons. The van der Waals surface area contributed by atoms with Gasteiger partial charge in [0, 0.05) is 16.0 Å². The fraction of sp³-hybridized carbons (Fsp3) is 0.385. The van der Waals surface area contributed by atoms with Gasteiger partial charge in [-0.1, -0.05) is 99.3 Å². The van der Waals surface area contributed by atoms with Crippen LogP contribution in [0.2, 0.25) is 10.0 Å². The van der Waals surface area contributed by atoms with E-state index in [0.29, 0.717) is 38.8 Å². The van der Waals surface area contributed by atoms with Crippen molar-refractivity contribution >= 4 is 40.1 Å². The molecule has 0 atom stereocenters. The summed E-state index contributed by atoms with van der Waals surface area (Å²) in [5.74, 6) is -0.340. The quantitative estimate of drug-likeness (QED) is 0.214. The maximum Gasteiger partial charge on any atom is 0.338 e. The van der Waals surface area contributed by atoms with E-state index in [1.807, 2.05) is 24.3 Å². The minimum absolute atomic E-state index is 0.340. The second kappa shape index (κ2) is 12.1. The first-order valence-corrected chi connectivity index (χ1v) is 11.9. The van der Waals surface area contributed by atoms with E-state index in [2.05, 4.69) is 11.9 Å². The molecule has 0 saturated heterocycles. The van der Waals surface area contributed by atoms with Crippen molar-refractivity contribution in [3.8, 4) is 11.3 Å².